The maximum Gasteiger partial charge on any atom is 0.416 e. The molecule has 1 amide bonds. The number of alkyl halides is 3. The number of ether oxygens (including phenoxy) is 4. The summed E-state index contributed by atoms with van der Waals surface area (Å²) in [5.74, 6) is -0.410. The summed E-state index contributed by atoms with van der Waals surface area (Å²) in [5, 5.41) is 0.232. The van der Waals surface area contributed by atoms with Crippen molar-refractivity contribution < 1.29 is 41.7 Å². The highest BCUT2D eigenvalue weighted by Crippen LogP contribution is 2.44. The molecule has 0 aromatic heterocycles. The molecule has 7 nitrogen and oxygen atoms in total. The highest BCUT2D eigenvalue weighted by molar-refractivity contribution is 6.30. The van der Waals surface area contributed by atoms with Crippen LogP contribution in [0.5, 0.6) is 11.5 Å². The number of benzene rings is 3. The van der Waals surface area contributed by atoms with Crippen molar-refractivity contribution in [1.82, 2.24) is 0 Å². The van der Waals surface area contributed by atoms with Gasteiger partial charge in [-0.2, -0.15) is 13.2 Å². The fraction of sp³-hybridized carbons (Fsp3) is 0.310. The Hall–Kier alpha value is -3.76. The van der Waals surface area contributed by atoms with Crippen molar-refractivity contribution in [1.29, 1.82) is 0 Å². The second-order valence-corrected chi connectivity index (χ2v) is 9.34. The van der Waals surface area contributed by atoms with Crippen LogP contribution in [-0.2, 0) is 31.8 Å². The fourth-order valence-electron chi connectivity index (χ4n) is 4.62. The lowest BCUT2D eigenvalue weighted by atomic mass is 9.94. The van der Waals surface area contributed by atoms with Crippen molar-refractivity contribution in [2.24, 2.45) is 0 Å². The van der Waals surface area contributed by atoms with Gasteiger partial charge in [0.25, 0.3) is 5.91 Å². The molecule has 212 valence electrons. The van der Waals surface area contributed by atoms with Gasteiger partial charge in [-0.25, -0.2) is 0 Å². The third-order valence-electron chi connectivity index (χ3n) is 6.43. The lowest BCUT2D eigenvalue weighted by Crippen LogP contribution is -2.40. The molecule has 0 spiro atoms. The van der Waals surface area contributed by atoms with Crippen molar-refractivity contribution >= 4 is 29.2 Å². The van der Waals surface area contributed by atoms with E-state index in [9.17, 15) is 22.8 Å². The van der Waals surface area contributed by atoms with Crippen LogP contribution in [0.3, 0.4) is 0 Å². The summed E-state index contributed by atoms with van der Waals surface area (Å²) in [6, 6.07) is 14.5. The first kappa shape index (κ1) is 29.2. The van der Waals surface area contributed by atoms with Gasteiger partial charge in [0, 0.05) is 22.2 Å². The summed E-state index contributed by atoms with van der Waals surface area (Å²) in [6.45, 7) is 1.62. The first-order valence-corrected chi connectivity index (χ1v) is 12.7. The molecule has 1 aliphatic rings. The van der Waals surface area contributed by atoms with Crippen molar-refractivity contribution in [3.63, 3.8) is 0 Å². The minimum Gasteiger partial charge on any atom is -0.497 e. The van der Waals surface area contributed by atoms with Gasteiger partial charge < -0.3 is 23.8 Å². The van der Waals surface area contributed by atoms with Crippen LogP contribution in [0.1, 0.15) is 41.7 Å². The van der Waals surface area contributed by atoms with Gasteiger partial charge in [-0.1, -0.05) is 29.8 Å². The average Bonchev–Trinajstić information content (AvgIpc) is 3.03. The molecule has 3 aromatic carbocycles. The molecule has 4 rings (SSSR count). The number of esters is 1. The SMILES string of the molecule is CCOC(=O)C[C@@H]1O[C@@H](c2ccccc2C(F)(F)F)c2cc(Cl)ccc2N(Cc2ccc(OC)cc2OC)C1=O. The minimum absolute atomic E-state index is 0.0447. The van der Waals surface area contributed by atoms with Gasteiger partial charge in [0.05, 0.1) is 45.0 Å². The Morgan fingerprint density at radius 2 is 1.77 bits per heavy atom. The third kappa shape index (κ3) is 6.18. The lowest BCUT2D eigenvalue weighted by Gasteiger charge is -2.26. The molecule has 0 bridgehead atoms. The van der Waals surface area contributed by atoms with E-state index < -0.39 is 42.2 Å². The fourth-order valence-corrected chi connectivity index (χ4v) is 4.80. The van der Waals surface area contributed by atoms with Gasteiger partial charge in [0.2, 0.25) is 0 Å². The van der Waals surface area contributed by atoms with Gasteiger partial charge in [-0.3, -0.25) is 9.59 Å². The van der Waals surface area contributed by atoms with E-state index in [1.165, 1.54) is 49.5 Å². The highest BCUT2D eigenvalue weighted by atomic mass is 35.5. The molecule has 0 saturated carbocycles. The monoisotopic (exact) mass is 577 g/mol. The molecule has 0 radical (unpaired) electrons. The van der Waals surface area contributed by atoms with Gasteiger partial charge in [-0.15, -0.1) is 0 Å². The molecule has 0 fully saturated rings. The number of nitrogens with zero attached hydrogens (tertiary/aromatic N) is 1. The van der Waals surface area contributed by atoms with E-state index in [2.05, 4.69) is 0 Å². The number of halogens is 4. The Kier molecular flexibility index (Phi) is 8.90. The van der Waals surface area contributed by atoms with Gasteiger partial charge in [0.15, 0.2) is 0 Å². The predicted octanol–water partition coefficient (Wildman–Crippen LogP) is 6.35. The summed E-state index contributed by atoms with van der Waals surface area (Å²) >= 11 is 6.31. The van der Waals surface area contributed by atoms with Gasteiger partial charge in [0.1, 0.15) is 23.7 Å². The number of hydrogen-bond donors (Lipinski definition) is 0. The number of fused-ring (bicyclic) bond motifs is 1. The number of hydrogen-bond acceptors (Lipinski definition) is 6. The van der Waals surface area contributed by atoms with E-state index >= 15 is 0 Å². The van der Waals surface area contributed by atoms with Crippen LogP contribution in [0.2, 0.25) is 5.02 Å². The second-order valence-electron chi connectivity index (χ2n) is 8.90. The third-order valence-corrected chi connectivity index (χ3v) is 6.67. The lowest BCUT2D eigenvalue weighted by molar-refractivity contribution is -0.152. The summed E-state index contributed by atoms with van der Waals surface area (Å²) in [6.07, 6.45) is -8.05. The Morgan fingerprint density at radius 1 is 1.02 bits per heavy atom. The summed E-state index contributed by atoms with van der Waals surface area (Å²) in [4.78, 5) is 27.8. The predicted molar refractivity (Wildman–Crippen MR) is 142 cm³/mol. The molecule has 2 atom stereocenters. The van der Waals surface area contributed by atoms with Crippen LogP contribution in [0.15, 0.2) is 60.7 Å². The second kappa shape index (κ2) is 12.2. The maximum atomic E-state index is 14.1. The Morgan fingerprint density at radius 3 is 2.45 bits per heavy atom. The molecular formula is C29H27ClF3NO6. The van der Waals surface area contributed by atoms with Crippen LogP contribution in [0.4, 0.5) is 18.9 Å². The number of carbonyl (C=O) groups excluding carboxylic acids is 2. The van der Waals surface area contributed by atoms with Crippen molar-refractivity contribution in [3.8, 4) is 11.5 Å². The molecule has 0 N–H and O–H groups in total. The van der Waals surface area contributed by atoms with E-state index in [0.717, 1.165) is 6.07 Å². The number of anilines is 1. The molecule has 0 unspecified atom stereocenters. The Balaban J connectivity index is 1.91. The largest absolute Gasteiger partial charge is 0.497 e. The van der Waals surface area contributed by atoms with Crippen molar-refractivity contribution in [3.05, 3.63) is 87.9 Å². The molecule has 0 saturated heterocycles. The topological polar surface area (TPSA) is 74.3 Å². The standard InChI is InChI=1S/C29H27ClF3NO6/c1-4-39-26(35)15-25-28(36)34(16-17-9-11-19(37-2)14-24(17)38-3)23-12-10-18(30)13-21(23)27(40-25)20-7-5-6-8-22(20)29(31,32)33/h5-14,25,27H,4,15-16H2,1-3H3/t25-,27-/m0/s1. The average molecular weight is 578 g/mol. The minimum atomic E-state index is -4.71. The number of rotatable bonds is 8. The first-order valence-electron chi connectivity index (χ1n) is 12.4. The number of methoxy groups -OCH3 is 2. The Bertz CT molecular complexity index is 1400. The first-order chi connectivity index (χ1) is 19.1. The van der Waals surface area contributed by atoms with Crippen LogP contribution in [-0.4, -0.2) is 38.8 Å². The molecule has 3 aromatic rings. The Labute approximate surface area is 234 Å². The summed E-state index contributed by atoms with van der Waals surface area (Å²) < 4.78 is 64.2. The van der Waals surface area contributed by atoms with Crippen LogP contribution in [0, 0.1) is 0 Å². The number of carbonyl (C=O) groups is 2. The summed E-state index contributed by atoms with van der Waals surface area (Å²) in [5.41, 5.74) is -0.0545. The molecule has 1 heterocycles. The van der Waals surface area contributed by atoms with E-state index in [4.69, 9.17) is 30.5 Å². The smallest absolute Gasteiger partial charge is 0.416 e. The quantitative estimate of drug-likeness (QED) is 0.291. The van der Waals surface area contributed by atoms with Crippen LogP contribution >= 0.6 is 11.6 Å². The zero-order valence-corrected chi connectivity index (χ0v) is 22.7. The van der Waals surface area contributed by atoms with Gasteiger partial charge in [-0.05, 0) is 48.9 Å². The van der Waals surface area contributed by atoms with Crippen molar-refractivity contribution in [2.45, 2.75) is 38.3 Å². The van der Waals surface area contributed by atoms with E-state index in [-0.39, 0.29) is 35.0 Å². The summed E-state index contributed by atoms with van der Waals surface area (Å²) in [7, 11) is 2.97. The zero-order valence-electron chi connectivity index (χ0n) is 22.0. The highest BCUT2D eigenvalue weighted by Gasteiger charge is 2.42. The van der Waals surface area contributed by atoms with E-state index in [0.29, 0.717) is 17.1 Å². The maximum absolute atomic E-state index is 14.1. The number of amides is 1. The van der Waals surface area contributed by atoms with Crippen LogP contribution < -0.4 is 14.4 Å². The molecular weight excluding hydrogens is 551 g/mol. The van der Waals surface area contributed by atoms with Crippen molar-refractivity contribution in [2.75, 3.05) is 25.7 Å². The van der Waals surface area contributed by atoms with Gasteiger partial charge >= 0.3 is 12.1 Å². The van der Waals surface area contributed by atoms with Crippen LogP contribution in [0.25, 0.3) is 0 Å². The zero-order chi connectivity index (χ0) is 29.0. The molecule has 0 aliphatic carbocycles. The van der Waals surface area contributed by atoms with E-state index in [1.807, 2.05) is 0 Å². The molecule has 1 aliphatic heterocycles. The normalized spacial score (nSPS) is 17.2. The molecule has 40 heavy (non-hydrogen) atoms. The molecule has 11 heteroatoms. The van der Waals surface area contributed by atoms with E-state index in [1.54, 1.807) is 31.2 Å².